The number of anilines is 1. The number of rotatable bonds is 11. The van der Waals surface area contributed by atoms with Crippen molar-refractivity contribution in [1.82, 2.24) is 5.32 Å². The molecule has 192 valence electrons. The Kier molecular flexibility index (Phi) is 9.62. The largest absolute Gasteiger partial charge is 0.490 e. The van der Waals surface area contributed by atoms with E-state index in [0.29, 0.717) is 31.7 Å². The number of benzene rings is 1. The molecule has 3 rings (SSSR count). The molecule has 1 saturated carbocycles. The minimum Gasteiger partial charge on any atom is -0.490 e. The predicted molar refractivity (Wildman–Crippen MR) is 137 cm³/mol. The molecule has 1 aliphatic heterocycles. The second-order valence-corrected chi connectivity index (χ2v) is 12.6. The van der Waals surface area contributed by atoms with E-state index >= 15 is 0 Å². The maximum absolute atomic E-state index is 12.8. The van der Waals surface area contributed by atoms with Gasteiger partial charge >= 0.3 is 7.60 Å². The first-order chi connectivity index (χ1) is 16.1. The van der Waals surface area contributed by atoms with Crippen LogP contribution in [0.15, 0.2) is 18.2 Å². The number of nitrogens with one attached hydrogen (secondary N) is 1. The Morgan fingerprint density at radius 1 is 1.12 bits per heavy atom. The van der Waals surface area contributed by atoms with Crippen LogP contribution in [0.4, 0.5) is 5.69 Å². The Hall–Kier alpha value is -1.40. The number of fused-ring (bicyclic) bond motifs is 1. The Labute approximate surface area is 205 Å². The van der Waals surface area contributed by atoms with E-state index in [1.165, 1.54) is 12.8 Å². The molecule has 1 amide bonds. The molecule has 0 unspecified atom stereocenters. The number of ether oxygens (including phenoxy) is 1. The Morgan fingerprint density at radius 3 is 2.41 bits per heavy atom. The number of hydrogen-bond donors (Lipinski definition) is 1. The summed E-state index contributed by atoms with van der Waals surface area (Å²) in [7, 11) is -3.09. The molecule has 1 aromatic rings. The predicted octanol–water partition coefficient (Wildman–Crippen LogP) is 5.42. The van der Waals surface area contributed by atoms with Gasteiger partial charge in [0.05, 0.1) is 32.0 Å². The van der Waals surface area contributed by atoms with Crippen molar-refractivity contribution in [2.75, 3.05) is 43.9 Å². The highest BCUT2D eigenvalue weighted by molar-refractivity contribution is 7.53. The second-order valence-electron chi connectivity index (χ2n) is 10.4. The van der Waals surface area contributed by atoms with Gasteiger partial charge in [-0.3, -0.25) is 9.36 Å². The zero-order valence-corrected chi connectivity index (χ0v) is 22.5. The fourth-order valence-electron chi connectivity index (χ4n) is 5.02. The highest BCUT2D eigenvalue weighted by atomic mass is 31.2. The van der Waals surface area contributed by atoms with Crippen molar-refractivity contribution in [3.63, 3.8) is 0 Å². The molecule has 8 heteroatoms. The average molecular weight is 495 g/mol. The van der Waals surface area contributed by atoms with Crippen LogP contribution in [0.5, 0.6) is 5.75 Å². The minimum atomic E-state index is -3.09. The third-order valence-electron chi connectivity index (χ3n) is 6.94. The van der Waals surface area contributed by atoms with Gasteiger partial charge in [0.2, 0.25) is 5.91 Å². The average Bonchev–Trinajstić information content (AvgIpc) is 3.20. The first-order valence-electron chi connectivity index (χ1n) is 12.8. The summed E-state index contributed by atoms with van der Waals surface area (Å²) < 4.78 is 29.4. The highest BCUT2D eigenvalue weighted by Crippen LogP contribution is 2.47. The second kappa shape index (κ2) is 12.0. The van der Waals surface area contributed by atoms with Crippen LogP contribution in [0.1, 0.15) is 65.9 Å². The quantitative estimate of drug-likeness (QED) is 0.327. The number of amides is 1. The van der Waals surface area contributed by atoms with E-state index < -0.39 is 7.60 Å². The van der Waals surface area contributed by atoms with E-state index in [-0.39, 0.29) is 24.7 Å². The minimum absolute atomic E-state index is 0.00979. The summed E-state index contributed by atoms with van der Waals surface area (Å²) in [6, 6.07) is 6.11. The van der Waals surface area contributed by atoms with Crippen LogP contribution < -0.4 is 15.0 Å². The molecule has 34 heavy (non-hydrogen) atoms. The van der Waals surface area contributed by atoms with Crippen LogP contribution in [0.3, 0.4) is 0 Å². The first-order valence-corrected chi connectivity index (χ1v) is 14.6. The van der Waals surface area contributed by atoms with E-state index in [1.807, 2.05) is 17.0 Å². The van der Waals surface area contributed by atoms with E-state index in [4.69, 9.17) is 13.8 Å². The standard InChI is InChI=1S/C26H43N2O5P/c1-6-31-34(30,32-7-2)17-15-27-19-25(29)28-16-14-20-18-23(12-13-24(20)28)33-22-10-8-21(9-11-22)26(3,4)5/h12-13,18,21-22,27H,6-11,14-17,19H2,1-5H3/t21-,22-. The molecule has 0 aromatic heterocycles. The summed E-state index contributed by atoms with van der Waals surface area (Å²) in [4.78, 5) is 14.6. The Morgan fingerprint density at radius 2 is 1.79 bits per heavy atom. The fraction of sp³-hybridized carbons (Fsp3) is 0.731. The van der Waals surface area contributed by atoms with Crippen molar-refractivity contribution in [2.24, 2.45) is 11.3 Å². The molecule has 1 aliphatic carbocycles. The van der Waals surface area contributed by atoms with Gasteiger partial charge < -0.3 is 24.0 Å². The van der Waals surface area contributed by atoms with Gasteiger partial charge in [-0.05, 0) is 81.0 Å². The lowest BCUT2D eigenvalue weighted by molar-refractivity contribution is -0.117. The lowest BCUT2D eigenvalue weighted by Crippen LogP contribution is -2.38. The molecule has 1 heterocycles. The van der Waals surface area contributed by atoms with Gasteiger partial charge in [0.25, 0.3) is 0 Å². The smallest absolute Gasteiger partial charge is 0.331 e. The Bertz CT molecular complexity index is 851. The molecule has 0 atom stereocenters. The van der Waals surface area contributed by atoms with Gasteiger partial charge in [-0.2, -0.15) is 0 Å². The summed E-state index contributed by atoms with van der Waals surface area (Å²) >= 11 is 0. The van der Waals surface area contributed by atoms with Crippen LogP contribution in [0.25, 0.3) is 0 Å². The first kappa shape index (κ1) is 27.2. The number of carbonyl (C=O) groups is 1. The zero-order chi connectivity index (χ0) is 24.8. The molecule has 1 fully saturated rings. The Balaban J connectivity index is 1.47. The maximum Gasteiger partial charge on any atom is 0.331 e. The molecule has 2 aliphatic rings. The third kappa shape index (κ3) is 7.30. The third-order valence-corrected chi connectivity index (χ3v) is 9.01. The summed E-state index contributed by atoms with van der Waals surface area (Å²) in [6.07, 6.45) is 6.02. The van der Waals surface area contributed by atoms with Crippen LogP contribution in [0, 0.1) is 11.3 Å². The van der Waals surface area contributed by atoms with E-state index in [1.54, 1.807) is 13.8 Å². The fourth-order valence-corrected chi connectivity index (χ4v) is 6.57. The molecular formula is C26H43N2O5P. The molecule has 0 saturated heterocycles. The molecule has 0 bridgehead atoms. The van der Waals surface area contributed by atoms with Crippen LogP contribution in [-0.2, 0) is 24.8 Å². The molecule has 0 radical (unpaired) electrons. The van der Waals surface area contributed by atoms with E-state index in [9.17, 15) is 9.36 Å². The molecule has 7 nitrogen and oxygen atoms in total. The zero-order valence-electron chi connectivity index (χ0n) is 21.6. The summed E-state index contributed by atoms with van der Waals surface area (Å²) in [5.74, 6) is 1.69. The van der Waals surface area contributed by atoms with Crippen molar-refractivity contribution >= 4 is 19.2 Å². The van der Waals surface area contributed by atoms with E-state index in [0.717, 1.165) is 42.2 Å². The molecule has 0 spiro atoms. The lowest BCUT2D eigenvalue weighted by Gasteiger charge is -2.37. The van der Waals surface area contributed by atoms with Gasteiger partial charge in [0.15, 0.2) is 0 Å². The van der Waals surface area contributed by atoms with Gasteiger partial charge in [-0.15, -0.1) is 0 Å². The monoisotopic (exact) mass is 494 g/mol. The van der Waals surface area contributed by atoms with Crippen LogP contribution in [-0.4, -0.2) is 51.0 Å². The van der Waals surface area contributed by atoms with Crippen molar-refractivity contribution in [3.8, 4) is 5.75 Å². The van der Waals surface area contributed by atoms with Gasteiger partial charge in [-0.1, -0.05) is 20.8 Å². The lowest BCUT2D eigenvalue weighted by atomic mass is 9.72. The van der Waals surface area contributed by atoms with Crippen LogP contribution >= 0.6 is 7.60 Å². The number of nitrogens with zero attached hydrogens (tertiary/aromatic N) is 1. The maximum atomic E-state index is 12.8. The molecular weight excluding hydrogens is 451 g/mol. The number of hydrogen-bond acceptors (Lipinski definition) is 6. The van der Waals surface area contributed by atoms with Crippen molar-refractivity contribution in [2.45, 2.75) is 72.8 Å². The topological polar surface area (TPSA) is 77.1 Å². The van der Waals surface area contributed by atoms with Crippen molar-refractivity contribution in [3.05, 3.63) is 23.8 Å². The van der Waals surface area contributed by atoms with Crippen molar-refractivity contribution < 1.29 is 23.1 Å². The van der Waals surface area contributed by atoms with E-state index in [2.05, 4.69) is 32.2 Å². The summed E-state index contributed by atoms with van der Waals surface area (Å²) in [5.41, 5.74) is 2.49. The summed E-state index contributed by atoms with van der Waals surface area (Å²) in [6.45, 7) is 12.5. The SMILES string of the molecule is CCOP(=O)(CCNCC(=O)N1CCc2cc(O[C@H]3CC[C@H](C(C)(C)C)CC3)ccc21)OCC. The van der Waals surface area contributed by atoms with Crippen molar-refractivity contribution in [1.29, 1.82) is 0 Å². The van der Waals surface area contributed by atoms with Gasteiger partial charge in [-0.25, -0.2) is 0 Å². The molecule has 1 N–H and O–H groups in total. The molecule has 1 aromatic carbocycles. The van der Waals surface area contributed by atoms with Crippen LogP contribution in [0.2, 0.25) is 0 Å². The normalized spacial score (nSPS) is 20.9. The summed E-state index contributed by atoms with van der Waals surface area (Å²) in [5, 5.41) is 3.10. The van der Waals surface area contributed by atoms with Gasteiger partial charge in [0.1, 0.15) is 5.75 Å². The number of carbonyl (C=O) groups excluding carboxylic acids is 1. The highest BCUT2D eigenvalue weighted by Gasteiger charge is 2.31. The van der Waals surface area contributed by atoms with Gasteiger partial charge in [0, 0.05) is 18.8 Å².